The molecule has 2 aromatic rings. The smallest absolute Gasteiger partial charge is 0.321 e. The first-order valence-electron chi connectivity index (χ1n) is 7.01. The van der Waals surface area contributed by atoms with E-state index in [1.165, 1.54) is 0 Å². The highest BCUT2D eigenvalue weighted by Gasteiger charge is 2.24. The first-order chi connectivity index (χ1) is 10.2. The molecule has 1 aromatic carbocycles. The first kappa shape index (κ1) is 13.6. The SMILES string of the molecule is O=C(Nc1ccc(Cn2cccn2)cc1)N1CC[C@H](O)C1. The number of carbonyl (C=O) groups excluding carboxylic acids is 1. The van der Waals surface area contributed by atoms with Gasteiger partial charge in [0.05, 0.1) is 12.6 Å². The van der Waals surface area contributed by atoms with E-state index in [2.05, 4.69) is 10.4 Å². The molecule has 1 aliphatic rings. The Balaban J connectivity index is 1.58. The fourth-order valence-corrected chi connectivity index (χ4v) is 2.40. The number of likely N-dealkylation sites (tertiary alicyclic amines) is 1. The van der Waals surface area contributed by atoms with Gasteiger partial charge in [-0.25, -0.2) is 4.79 Å². The molecule has 1 fully saturated rings. The van der Waals surface area contributed by atoms with Crippen molar-refractivity contribution in [2.75, 3.05) is 18.4 Å². The van der Waals surface area contributed by atoms with Crippen LogP contribution in [0, 0.1) is 0 Å². The number of hydrogen-bond acceptors (Lipinski definition) is 3. The quantitative estimate of drug-likeness (QED) is 0.899. The summed E-state index contributed by atoms with van der Waals surface area (Å²) in [6.07, 6.45) is 3.91. The molecule has 6 nitrogen and oxygen atoms in total. The van der Waals surface area contributed by atoms with Crippen LogP contribution in [0.2, 0.25) is 0 Å². The van der Waals surface area contributed by atoms with Crippen LogP contribution in [-0.4, -0.2) is 45.0 Å². The number of urea groups is 1. The van der Waals surface area contributed by atoms with Crippen LogP contribution in [0.25, 0.3) is 0 Å². The van der Waals surface area contributed by atoms with Gasteiger partial charge < -0.3 is 15.3 Å². The first-order valence-corrected chi connectivity index (χ1v) is 7.01. The zero-order valence-corrected chi connectivity index (χ0v) is 11.6. The highest BCUT2D eigenvalue weighted by atomic mass is 16.3. The number of aliphatic hydroxyl groups is 1. The third-order valence-corrected chi connectivity index (χ3v) is 3.56. The lowest BCUT2D eigenvalue weighted by molar-refractivity contribution is 0.176. The Labute approximate surface area is 123 Å². The standard InChI is InChI=1S/C15H18N4O2/c20-14-6-9-18(11-14)15(21)17-13-4-2-12(3-5-13)10-19-8-1-7-16-19/h1-5,7-8,14,20H,6,9-11H2,(H,17,21)/t14-/m0/s1. The molecule has 0 spiro atoms. The molecule has 1 aromatic heterocycles. The van der Waals surface area contributed by atoms with Gasteiger partial charge in [-0.1, -0.05) is 12.1 Å². The molecule has 0 saturated carbocycles. The van der Waals surface area contributed by atoms with E-state index in [-0.39, 0.29) is 6.03 Å². The van der Waals surface area contributed by atoms with E-state index >= 15 is 0 Å². The van der Waals surface area contributed by atoms with E-state index in [0.29, 0.717) is 26.1 Å². The van der Waals surface area contributed by atoms with Crippen molar-refractivity contribution in [3.8, 4) is 0 Å². The molecule has 6 heteroatoms. The number of hydrogen-bond donors (Lipinski definition) is 2. The number of amides is 2. The van der Waals surface area contributed by atoms with Crippen LogP contribution in [0.4, 0.5) is 10.5 Å². The molecule has 21 heavy (non-hydrogen) atoms. The van der Waals surface area contributed by atoms with Crippen molar-refractivity contribution in [2.45, 2.75) is 19.1 Å². The Morgan fingerprint density at radius 1 is 1.38 bits per heavy atom. The highest BCUT2D eigenvalue weighted by Crippen LogP contribution is 2.14. The van der Waals surface area contributed by atoms with Crippen LogP contribution in [0.1, 0.15) is 12.0 Å². The van der Waals surface area contributed by atoms with Crippen LogP contribution in [0.15, 0.2) is 42.7 Å². The molecule has 2 amide bonds. The summed E-state index contributed by atoms with van der Waals surface area (Å²) in [5.74, 6) is 0. The van der Waals surface area contributed by atoms with Crippen molar-refractivity contribution in [1.82, 2.24) is 14.7 Å². The number of nitrogens with zero attached hydrogens (tertiary/aromatic N) is 3. The van der Waals surface area contributed by atoms with Crippen LogP contribution >= 0.6 is 0 Å². The summed E-state index contributed by atoms with van der Waals surface area (Å²) in [6.45, 7) is 1.72. The minimum absolute atomic E-state index is 0.161. The van der Waals surface area contributed by atoms with Gasteiger partial charge in [-0.05, 0) is 30.2 Å². The number of benzene rings is 1. The molecule has 1 atom stereocenters. The van der Waals surface area contributed by atoms with Crippen LogP contribution in [0.5, 0.6) is 0 Å². The third-order valence-electron chi connectivity index (χ3n) is 3.56. The van der Waals surface area contributed by atoms with Crippen molar-refractivity contribution in [3.63, 3.8) is 0 Å². The van der Waals surface area contributed by atoms with Gasteiger partial charge in [-0.3, -0.25) is 4.68 Å². The fourth-order valence-electron chi connectivity index (χ4n) is 2.40. The Bertz CT molecular complexity index is 595. The summed E-state index contributed by atoms with van der Waals surface area (Å²) in [7, 11) is 0. The second-order valence-electron chi connectivity index (χ2n) is 5.22. The van der Waals surface area contributed by atoms with Crippen molar-refractivity contribution in [1.29, 1.82) is 0 Å². The normalized spacial score (nSPS) is 18.0. The van der Waals surface area contributed by atoms with Crippen molar-refractivity contribution >= 4 is 11.7 Å². The minimum Gasteiger partial charge on any atom is -0.391 e. The number of nitrogens with one attached hydrogen (secondary N) is 1. The summed E-state index contributed by atoms with van der Waals surface area (Å²) >= 11 is 0. The zero-order valence-electron chi connectivity index (χ0n) is 11.6. The topological polar surface area (TPSA) is 70.4 Å². The molecular weight excluding hydrogens is 268 g/mol. The maximum Gasteiger partial charge on any atom is 0.321 e. The van der Waals surface area contributed by atoms with Crippen LogP contribution in [-0.2, 0) is 6.54 Å². The van der Waals surface area contributed by atoms with Crippen molar-refractivity contribution in [3.05, 3.63) is 48.3 Å². The Morgan fingerprint density at radius 2 is 2.19 bits per heavy atom. The third kappa shape index (κ3) is 3.41. The van der Waals surface area contributed by atoms with Gasteiger partial charge in [0.15, 0.2) is 0 Å². The summed E-state index contributed by atoms with van der Waals surface area (Å²) in [5, 5.41) is 16.4. The Kier molecular flexibility index (Phi) is 3.87. The van der Waals surface area contributed by atoms with E-state index in [1.54, 1.807) is 11.1 Å². The number of aliphatic hydroxyl groups excluding tert-OH is 1. The minimum atomic E-state index is -0.396. The molecule has 2 heterocycles. The lowest BCUT2D eigenvalue weighted by Gasteiger charge is -2.16. The molecule has 0 bridgehead atoms. The van der Waals surface area contributed by atoms with Crippen LogP contribution in [0.3, 0.4) is 0 Å². The van der Waals surface area contributed by atoms with Gasteiger partial charge in [0, 0.05) is 31.2 Å². The van der Waals surface area contributed by atoms with E-state index in [0.717, 1.165) is 11.3 Å². The Hall–Kier alpha value is -2.34. The van der Waals surface area contributed by atoms with E-state index in [9.17, 15) is 9.90 Å². The molecule has 2 N–H and O–H groups in total. The predicted molar refractivity (Wildman–Crippen MR) is 79.0 cm³/mol. The van der Waals surface area contributed by atoms with Gasteiger partial charge in [-0.2, -0.15) is 5.10 Å². The molecule has 1 aliphatic heterocycles. The number of rotatable bonds is 3. The van der Waals surface area contributed by atoms with Crippen LogP contribution < -0.4 is 5.32 Å². The molecule has 110 valence electrons. The highest BCUT2D eigenvalue weighted by molar-refractivity contribution is 5.89. The van der Waals surface area contributed by atoms with Gasteiger partial charge in [0.25, 0.3) is 0 Å². The van der Waals surface area contributed by atoms with Gasteiger partial charge in [0.2, 0.25) is 0 Å². The molecule has 1 saturated heterocycles. The number of carbonyl (C=O) groups is 1. The zero-order chi connectivity index (χ0) is 14.7. The van der Waals surface area contributed by atoms with E-state index < -0.39 is 6.10 Å². The summed E-state index contributed by atoms with van der Waals surface area (Å²) < 4.78 is 1.85. The Morgan fingerprint density at radius 3 is 2.81 bits per heavy atom. The largest absolute Gasteiger partial charge is 0.391 e. The number of aromatic nitrogens is 2. The predicted octanol–water partition coefficient (Wildman–Crippen LogP) is 1.53. The number of anilines is 1. The van der Waals surface area contributed by atoms with E-state index in [1.807, 2.05) is 41.2 Å². The lowest BCUT2D eigenvalue weighted by atomic mass is 10.2. The number of β-amino-alcohol motifs (C(OH)–C–C–N with tert-alkyl or cyclic N) is 1. The molecule has 0 aliphatic carbocycles. The van der Waals surface area contributed by atoms with Crippen molar-refractivity contribution in [2.24, 2.45) is 0 Å². The molecule has 0 unspecified atom stereocenters. The molecular formula is C15H18N4O2. The van der Waals surface area contributed by atoms with E-state index in [4.69, 9.17) is 0 Å². The average Bonchev–Trinajstić information content (AvgIpc) is 3.12. The maximum absolute atomic E-state index is 12.0. The fraction of sp³-hybridized carbons (Fsp3) is 0.333. The summed E-state index contributed by atoms with van der Waals surface area (Å²) in [6, 6.07) is 9.42. The second-order valence-corrected chi connectivity index (χ2v) is 5.22. The van der Waals surface area contributed by atoms with Gasteiger partial charge in [0.1, 0.15) is 0 Å². The second kappa shape index (κ2) is 5.97. The maximum atomic E-state index is 12.0. The molecule has 0 radical (unpaired) electrons. The lowest BCUT2D eigenvalue weighted by Crippen LogP contribution is -2.33. The monoisotopic (exact) mass is 286 g/mol. The summed E-state index contributed by atoms with van der Waals surface area (Å²) in [5.41, 5.74) is 1.87. The summed E-state index contributed by atoms with van der Waals surface area (Å²) in [4.78, 5) is 13.6. The van der Waals surface area contributed by atoms with Crippen molar-refractivity contribution < 1.29 is 9.90 Å². The average molecular weight is 286 g/mol. The molecule has 3 rings (SSSR count). The van der Waals surface area contributed by atoms with Gasteiger partial charge in [-0.15, -0.1) is 0 Å². The van der Waals surface area contributed by atoms with Gasteiger partial charge >= 0.3 is 6.03 Å².